The first-order valence-electron chi connectivity index (χ1n) is 7.58. The first-order chi connectivity index (χ1) is 12.8. The van der Waals surface area contributed by atoms with Crippen LogP contribution in [0.2, 0.25) is 5.02 Å². The second kappa shape index (κ2) is 7.67. The van der Waals surface area contributed by atoms with Crippen molar-refractivity contribution < 1.29 is 22.7 Å². The highest BCUT2D eigenvalue weighted by Gasteiger charge is 2.34. The van der Waals surface area contributed by atoms with Crippen LogP contribution in [0.5, 0.6) is 5.75 Å². The summed E-state index contributed by atoms with van der Waals surface area (Å²) in [6.07, 6.45) is -1.84. The molecule has 0 atom stereocenters. The van der Waals surface area contributed by atoms with Gasteiger partial charge in [-0.2, -0.15) is 18.3 Å². The number of carbonyl (C=O) groups is 1. The van der Waals surface area contributed by atoms with E-state index in [1.165, 1.54) is 35.5 Å². The molecule has 0 radical (unpaired) electrons. The zero-order valence-electron chi connectivity index (χ0n) is 13.6. The first-order valence-corrected chi connectivity index (χ1v) is 7.96. The van der Waals surface area contributed by atoms with E-state index in [1.807, 2.05) is 0 Å². The van der Waals surface area contributed by atoms with Crippen LogP contribution in [0.15, 0.2) is 55.1 Å². The van der Waals surface area contributed by atoms with Crippen molar-refractivity contribution in [1.29, 1.82) is 0 Å². The van der Waals surface area contributed by atoms with Crippen LogP contribution in [0.3, 0.4) is 0 Å². The number of halogens is 4. The third kappa shape index (κ3) is 4.56. The van der Waals surface area contributed by atoms with E-state index in [2.05, 4.69) is 15.4 Å². The van der Waals surface area contributed by atoms with Gasteiger partial charge in [0, 0.05) is 5.02 Å². The van der Waals surface area contributed by atoms with Gasteiger partial charge >= 0.3 is 6.18 Å². The van der Waals surface area contributed by atoms with Gasteiger partial charge in [-0.1, -0.05) is 23.7 Å². The van der Waals surface area contributed by atoms with Crippen LogP contribution in [-0.2, 0) is 11.0 Å². The summed E-state index contributed by atoms with van der Waals surface area (Å²) in [5.74, 6) is -1.08. The number of nitrogens with zero attached hydrogens (tertiary/aromatic N) is 3. The molecule has 0 fully saturated rings. The largest absolute Gasteiger partial charge is 0.483 e. The van der Waals surface area contributed by atoms with E-state index in [-0.39, 0.29) is 0 Å². The fourth-order valence-corrected chi connectivity index (χ4v) is 2.47. The van der Waals surface area contributed by atoms with Crippen molar-refractivity contribution in [3.63, 3.8) is 0 Å². The van der Waals surface area contributed by atoms with Crippen LogP contribution in [-0.4, -0.2) is 27.3 Å². The number of benzene rings is 2. The fourth-order valence-electron chi connectivity index (χ4n) is 2.30. The van der Waals surface area contributed by atoms with Gasteiger partial charge in [0.15, 0.2) is 6.61 Å². The zero-order chi connectivity index (χ0) is 19.4. The standard InChI is InChI=1S/C17H12ClF3N4O2/c18-11-5-6-14(25-10-22-9-23-25)13(7-11)24-16(26)8-27-15-4-2-1-3-12(15)17(19,20)21/h1-7,9-10H,8H2,(H,24,26). The van der Waals surface area contributed by atoms with Gasteiger partial charge in [0.05, 0.1) is 16.9 Å². The molecular formula is C17H12ClF3N4O2. The third-order valence-electron chi connectivity index (χ3n) is 3.45. The lowest BCUT2D eigenvalue weighted by atomic mass is 10.2. The van der Waals surface area contributed by atoms with Crippen LogP contribution < -0.4 is 10.1 Å². The van der Waals surface area contributed by atoms with Crippen molar-refractivity contribution >= 4 is 23.2 Å². The van der Waals surface area contributed by atoms with Crippen molar-refractivity contribution in [2.75, 3.05) is 11.9 Å². The molecule has 6 nitrogen and oxygen atoms in total. The topological polar surface area (TPSA) is 69.0 Å². The molecule has 27 heavy (non-hydrogen) atoms. The molecule has 0 saturated heterocycles. The number of alkyl halides is 3. The minimum atomic E-state index is -4.58. The highest BCUT2D eigenvalue weighted by molar-refractivity contribution is 6.31. The summed E-state index contributed by atoms with van der Waals surface area (Å²) in [5.41, 5.74) is -0.157. The molecule has 1 N–H and O–H groups in total. The van der Waals surface area contributed by atoms with Crippen molar-refractivity contribution in [3.8, 4) is 11.4 Å². The lowest BCUT2D eigenvalue weighted by Gasteiger charge is -2.14. The summed E-state index contributed by atoms with van der Waals surface area (Å²) < 4.78 is 45.4. The SMILES string of the molecule is O=C(COc1ccccc1C(F)(F)F)Nc1cc(Cl)ccc1-n1cncn1. The number of aromatic nitrogens is 3. The van der Waals surface area contributed by atoms with Gasteiger partial charge in [0.25, 0.3) is 5.91 Å². The smallest absolute Gasteiger partial charge is 0.419 e. The Bertz CT molecular complexity index is 946. The lowest BCUT2D eigenvalue weighted by Crippen LogP contribution is -2.22. The Kier molecular flexibility index (Phi) is 5.31. The van der Waals surface area contributed by atoms with Gasteiger partial charge in [0.1, 0.15) is 18.4 Å². The summed E-state index contributed by atoms with van der Waals surface area (Å²) in [6, 6.07) is 9.37. The van der Waals surface area contributed by atoms with E-state index in [0.717, 1.165) is 12.1 Å². The van der Waals surface area contributed by atoms with Crippen LogP contribution in [0, 0.1) is 0 Å². The van der Waals surface area contributed by atoms with Crippen LogP contribution in [0.25, 0.3) is 5.69 Å². The molecule has 1 aromatic heterocycles. The number of hydrogen-bond acceptors (Lipinski definition) is 4. The number of para-hydroxylation sites is 1. The molecule has 0 aliphatic heterocycles. The minimum Gasteiger partial charge on any atom is -0.483 e. The highest BCUT2D eigenvalue weighted by Crippen LogP contribution is 2.35. The Morgan fingerprint density at radius 1 is 1.22 bits per heavy atom. The summed E-state index contributed by atoms with van der Waals surface area (Å²) in [6.45, 7) is -0.615. The lowest BCUT2D eigenvalue weighted by molar-refractivity contribution is -0.139. The second-order valence-electron chi connectivity index (χ2n) is 5.33. The van der Waals surface area contributed by atoms with Crippen LogP contribution in [0.1, 0.15) is 5.56 Å². The Hall–Kier alpha value is -3.07. The molecule has 0 spiro atoms. The van der Waals surface area contributed by atoms with E-state index in [4.69, 9.17) is 16.3 Å². The fraction of sp³-hybridized carbons (Fsp3) is 0.118. The van der Waals surface area contributed by atoms with Crippen molar-refractivity contribution in [2.24, 2.45) is 0 Å². The number of hydrogen-bond donors (Lipinski definition) is 1. The normalized spacial score (nSPS) is 11.3. The molecule has 0 saturated carbocycles. The Morgan fingerprint density at radius 3 is 2.70 bits per heavy atom. The van der Waals surface area contributed by atoms with Gasteiger partial charge in [0.2, 0.25) is 0 Å². The van der Waals surface area contributed by atoms with Crippen molar-refractivity contribution in [3.05, 3.63) is 65.7 Å². The molecule has 10 heteroatoms. The molecular weight excluding hydrogens is 385 g/mol. The number of amides is 1. The number of ether oxygens (including phenoxy) is 1. The van der Waals surface area contributed by atoms with Gasteiger partial charge in [-0.3, -0.25) is 4.79 Å². The van der Waals surface area contributed by atoms with E-state index in [0.29, 0.717) is 16.4 Å². The Balaban J connectivity index is 1.74. The van der Waals surface area contributed by atoms with E-state index in [9.17, 15) is 18.0 Å². The summed E-state index contributed by atoms with van der Waals surface area (Å²) in [4.78, 5) is 16.0. The van der Waals surface area contributed by atoms with E-state index >= 15 is 0 Å². The van der Waals surface area contributed by atoms with Crippen molar-refractivity contribution in [1.82, 2.24) is 14.8 Å². The van der Waals surface area contributed by atoms with E-state index < -0.39 is 30.0 Å². The molecule has 1 heterocycles. The monoisotopic (exact) mass is 396 g/mol. The van der Waals surface area contributed by atoms with Crippen LogP contribution >= 0.6 is 11.6 Å². The molecule has 1 amide bonds. The molecule has 0 aliphatic carbocycles. The average molecular weight is 397 g/mol. The zero-order valence-corrected chi connectivity index (χ0v) is 14.3. The molecule has 0 aliphatic rings. The predicted octanol–water partition coefficient (Wildman–Crippen LogP) is 3.96. The Labute approximate surface area is 156 Å². The minimum absolute atomic E-state index is 0.311. The number of rotatable bonds is 5. The van der Waals surface area contributed by atoms with Crippen molar-refractivity contribution in [2.45, 2.75) is 6.18 Å². The summed E-state index contributed by atoms with van der Waals surface area (Å²) in [7, 11) is 0. The average Bonchev–Trinajstić information content (AvgIpc) is 3.14. The molecule has 3 rings (SSSR count). The van der Waals surface area contributed by atoms with Crippen LogP contribution in [0.4, 0.5) is 18.9 Å². The number of carbonyl (C=O) groups excluding carboxylic acids is 1. The van der Waals surface area contributed by atoms with Gasteiger partial charge in [-0.25, -0.2) is 9.67 Å². The highest BCUT2D eigenvalue weighted by atomic mass is 35.5. The first kappa shape index (κ1) is 18.7. The quantitative estimate of drug-likeness (QED) is 0.709. The molecule has 140 valence electrons. The van der Waals surface area contributed by atoms with Gasteiger partial charge < -0.3 is 10.1 Å². The molecule has 0 unspecified atom stereocenters. The maximum atomic E-state index is 13.0. The van der Waals surface area contributed by atoms with Gasteiger partial charge in [-0.05, 0) is 30.3 Å². The molecule has 2 aromatic carbocycles. The Morgan fingerprint density at radius 2 is 2.00 bits per heavy atom. The summed E-state index contributed by atoms with van der Waals surface area (Å²) >= 11 is 5.95. The second-order valence-corrected chi connectivity index (χ2v) is 5.77. The maximum Gasteiger partial charge on any atom is 0.419 e. The number of anilines is 1. The number of nitrogens with one attached hydrogen (secondary N) is 1. The van der Waals surface area contributed by atoms with Gasteiger partial charge in [-0.15, -0.1) is 0 Å². The maximum absolute atomic E-state index is 13.0. The predicted molar refractivity (Wildman–Crippen MR) is 91.9 cm³/mol. The molecule has 0 bridgehead atoms. The summed E-state index contributed by atoms with van der Waals surface area (Å²) in [5, 5.41) is 6.88. The molecule has 3 aromatic rings. The van der Waals surface area contributed by atoms with E-state index in [1.54, 1.807) is 12.1 Å². The third-order valence-corrected chi connectivity index (χ3v) is 3.68.